The molecule has 0 spiro atoms. The number of anilines is 1. The zero-order valence-corrected chi connectivity index (χ0v) is 10.4. The predicted molar refractivity (Wildman–Crippen MR) is 65.4 cm³/mol. The van der Waals surface area contributed by atoms with Crippen LogP contribution in [0.25, 0.3) is 10.9 Å². The average Bonchev–Trinajstić information content (AvgIpc) is 2.65. The Labute approximate surface area is 111 Å². The third-order valence-electron chi connectivity index (χ3n) is 2.52. The Balaban J connectivity index is 2.43. The van der Waals surface area contributed by atoms with Gasteiger partial charge in [0.1, 0.15) is 11.4 Å². The van der Waals surface area contributed by atoms with Gasteiger partial charge in [-0.25, -0.2) is 4.79 Å². The molecule has 0 atom stereocenters. The third-order valence-corrected chi connectivity index (χ3v) is 2.52. The van der Waals surface area contributed by atoms with Gasteiger partial charge in [0.2, 0.25) is 0 Å². The molecule has 0 saturated heterocycles. The molecule has 2 rings (SSSR count). The van der Waals surface area contributed by atoms with Crippen LogP contribution in [0.2, 0.25) is 0 Å². The van der Waals surface area contributed by atoms with E-state index in [1.807, 2.05) is 0 Å². The van der Waals surface area contributed by atoms with Gasteiger partial charge in [-0.15, -0.1) is 13.2 Å². The van der Waals surface area contributed by atoms with Gasteiger partial charge < -0.3 is 20.2 Å². The van der Waals surface area contributed by atoms with E-state index in [0.717, 1.165) is 12.1 Å². The number of aromatic amines is 1. The molecule has 0 aliphatic carbocycles. The lowest BCUT2D eigenvalue weighted by Gasteiger charge is -2.08. The van der Waals surface area contributed by atoms with Gasteiger partial charge in [0.25, 0.3) is 0 Å². The second-order valence-corrected chi connectivity index (χ2v) is 3.89. The lowest BCUT2D eigenvalue weighted by molar-refractivity contribution is -0.274. The quantitative estimate of drug-likeness (QED) is 0.851. The Morgan fingerprint density at radius 2 is 2.10 bits per heavy atom. The summed E-state index contributed by atoms with van der Waals surface area (Å²) >= 11 is 0. The maximum absolute atomic E-state index is 12.1. The minimum absolute atomic E-state index is 0.00556. The van der Waals surface area contributed by atoms with Crippen molar-refractivity contribution in [2.75, 3.05) is 12.3 Å². The highest BCUT2D eigenvalue weighted by molar-refractivity contribution is 6.05. The monoisotopic (exact) mass is 288 g/mol. The van der Waals surface area contributed by atoms with E-state index in [1.54, 1.807) is 6.92 Å². The molecule has 0 fully saturated rings. The van der Waals surface area contributed by atoms with Crippen molar-refractivity contribution in [1.82, 2.24) is 4.98 Å². The molecule has 0 aliphatic heterocycles. The number of esters is 1. The van der Waals surface area contributed by atoms with E-state index < -0.39 is 18.1 Å². The topological polar surface area (TPSA) is 77.3 Å². The molecule has 1 aromatic carbocycles. The van der Waals surface area contributed by atoms with Crippen LogP contribution in [0, 0.1) is 0 Å². The molecule has 0 aliphatic rings. The molecular formula is C12H11F3N2O3. The van der Waals surface area contributed by atoms with Crippen LogP contribution in [0.1, 0.15) is 17.4 Å². The molecule has 1 heterocycles. The van der Waals surface area contributed by atoms with Gasteiger partial charge in [-0.3, -0.25) is 0 Å². The molecular weight excluding hydrogens is 277 g/mol. The molecule has 2 aromatic rings. The number of alkyl halides is 3. The summed E-state index contributed by atoms with van der Waals surface area (Å²) in [6.45, 7) is 1.79. The highest BCUT2D eigenvalue weighted by Crippen LogP contribution is 2.31. The van der Waals surface area contributed by atoms with Crippen LogP contribution in [0.3, 0.4) is 0 Å². The highest BCUT2D eigenvalue weighted by Gasteiger charge is 2.31. The van der Waals surface area contributed by atoms with Crippen LogP contribution >= 0.6 is 0 Å². The van der Waals surface area contributed by atoms with Gasteiger partial charge >= 0.3 is 12.3 Å². The summed E-state index contributed by atoms with van der Waals surface area (Å²) in [6, 6.07) is 3.58. The molecule has 3 N–H and O–H groups in total. The summed E-state index contributed by atoms with van der Waals surface area (Å²) in [6.07, 6.45) is -4.79. The van der Waals surface area contributed by atoms with Crippen molar-refractivity contribution in [3.8, 4) is 5.75 Å². The fourth-order valence-electron chi connectivity index (χ4n) is 1.75. The highest BCUT2D eigenvalue weighted by atomic mass is 19.4. The Morgan fingerprint density at radius 1 is 1.40 bits per heavy atom. The summed E-state index contributed by atoms with van der Waals surface area (Å²) in [5, 5.41) is 0.259. The minimum atomic E-state index is -4.79. The van der Waals surface area contributed by atoms with Crippen LogP contribution < -0.4 is 10.5 Å². The van der Waals surface area contributed by atoms with E-state index in [9.17, 15) is 18.0 Å². The first-order valence-electron chi connectivity index (χ1n) is 5.66. The molecule has 0 amide bonds. The predicted octanol–water partition coefficient (Wildman–Crippen LogP) is 2.83. The number of rotatable bonds is 3. The number of carbonyl (C=O) groups excluding carboxylic acids is 1. The van der Waals surface area contributed by atoms with Gasteiger partial charge in [0.15, 0.2) is 0 Å². The van der Waals surface area contributed by atoms with Crippen molar-refractivity contribution < 1.29 is 27.4 Å². The molecule has 0 radical (unpaired) electrons. The standard InChI is InChI=1S/C12H11F3N2O3/c1-2-19-11(18)10-9(16)7-5-6(20-12(13,14)15)3-4-8(7)17-10/h3-5,17H,2,16H2,1H3. The van der Waals surface area contributed by atoms with Crippen molar-refractivity contribution in [1.29, 1.82) is 0 Å². The Hall–Kier alpha value is -2.38. The maximum Gasteiger partial charge on any atom is 0.573 e. The molecule has 0 bridgehead atoms. The first kappa shape index (κ1) is 14.0. The Kier molecular flexibility index (Phi) is 3.47. The van der Waals surface area contributed by atoms with Crippen LogP contribution in [0.5, 0.6) is 5.75 Å². The van der Waals surface area contributed by atoms with Gasteiger partial charge in [-0.1, -0.05) is 0 Å². The summed E-state index contributed by atoms with van der Waals surface area (Å²) in [4.78, 5) is 14.3. The van der Waals surface area contributed by atoms with Crippen molar-refractivity contribution in [3.63, 3.8) is 0 Å². The molecule has 20 heavy (non-hydrogen) atoms. The molecule has 8 heteroatoms. The minimum Gasteiger partial charge on any atom is -0.461 e. The number of hydrogen-bond donors (Lipinski definition) is 2. The summed E-state index contributed by atoms with van der Waals surface area (Å²) in [5.74, 6) is -1.08. The average molecular weight is 288 g/mol. The fourth-order valence-corrected chi connectivity index (χ4v) is 1.75. The number of halogens is 3. The number of aromatic nitrogens is 1. The summed E-state index contributed by atoms with van der Waals surface area (Å²) in [5.41, 5.74) is 6.18. The second kappa shape index (κ2) is 4.95. The van der Waals surface area contributed by atoms with Crippen molar-refractivity contribution in [3.05, 3.63) is 23.9 Å². The second-order valence-electron chi connectivity index (χ2n) is 3.89. The van der Waals surface area contributed by atoms with Crippen LogP contribution in [0.15, 0.2) is 18.2 Å². The first-order chi connectivity index (χ1) is 9.31. The zero-order valence-electron chi connectivity index (χ0n) is 10.4. The normalized spacial score (nSPS) is 11.6. The lowest BCUT2D eigenvalue weighted by Crippen LogP contribution is -2.16. The van der Waals surface area contributed by atoms with E-state index in [-0.39, 0.29) is 23.4 Å². The fraction of sp³-hybridized carbons (Fsp3) is 0.250. The van der Waals surface area contributed by atoms with Crippen LogP contribution in [-0.2, 0) is 4.74 Å². The van der Waals surface area contributed by atoms with Gasteiger partial charge in [0.05, 0.1) is 12.3 Å². The summed E-state index contributed by atoms with van der Waals surface area (Å²) < 4.78 is 45.0. The van der Waals surface area contributed by atoms with Gasteiger partial charge in [-0.05, 0) is 25.1 Å². The van der Waals surface area contributed by atoms with Crippen LogP contribution in [0.4, 0.5) is 18.9 Å². The number of nitrogens with one attached hydrogen (secondary N) is 1. The van der Waals surface area contributed by atoms with E-state index >= 15 is 0 Å². The van der Waals surface area contributed by atoms with Crippen molar-refractivity contribution >= 4 is 22.6 Å². The number of carbonyl (C=O) groups is 1. The number of fused-ring (bicyclic) bond motifs is 1. The Morgan fingerprint density at radius 3 is 2.70 bits per heavy atom. The zero-order chi connectivity index (χ0) is 14.9. The molecule has 1 aromatic heterocycles. The maximum atomic E-state index is 12.1. The van der Waals surface area contributed by atoms with E-state index in [0.29, 0.717) is 5.52 Å². The van der Waals surface area contributed by atoms with Crippen molar-refractivity contribution in [2.24, 2.45) is 0 Å². The van der Waals surface area contributed by atoms with Crippen LogP contribution in [-0.4, -0.2) is 23.9 Å². The van der Waals surface area contributed by atoms with E-state index in [4.69, 9.17) is 10.5 Å². The van der Waals surface area contributed by atoms with Gasteiger partial charge in [-0.2, -0.15) is 0 Å². The number of ether oxygens (including phenoxy) is 2. The number of nitrogen functional groups attached to an aromatic ring is 1. The molecule has 0 saturated carbocycles. The lowest BCUT2D eigenvalue weighted by atomic mass is 10.2. The smallest absolute Gasteiger partial charge is 0.461 e. The molecule has 5 nitrogen and oxygen atoms in total. The number of H-pyrrole nitrogens is 1. The third kappa shape index (κ3) is 2.79. The summed E-state index contributed by atoms with van der Waals surface area (Å²) in [7, 11) is 0. The number of hydrogen-bond acceptors (Lipinski definition) is 4. The molecule has 0 unspecified atom stereocenters. The number of benzene rings is 1. The largest absolute Gasteiger partial charge is 0.573 e. The molecule has 108 valence electrons. The van der Waals surface area contributed by atoms with E-state index in [1.165, 1.54) is 6.07 Å². The van der Waals surface area contributed by atoms with E-state index in [2.05, 4.69) is 9.72 Å². The number of nitrogens with two attached hydrogens (primary N) is 1. The first-order valence-corrected chi connectivity index (χ1v) is 5.66. The van der Waals surface area contributed by atoms with Crippen molar-refractivity contribution in [2.45, 2.75) is 13.3 Å². The SMILES string of the molecule is CCOC(=O)c1[nH]c2ccc(OC(F)(F)F)cc2c1N. The van der Waals surface area contributed by atoms with Gasteiger partial charge in [0, 0.05) is 10.9 Å². The Bertz CT molecular complexity index is 649.